The molecule has 2 aliphatic heterocycles. The molecule has 0 aliphatic carbocycles. The van der Waals surface area contributed by atoms with E-state index in [1.165, 1.54) is 16.2 Å². The lowest BCUT2D eigenvalue weighted by molar-refractivity contribution is -0.137. The first kappa shape index (κ1) is 38.5. The summed E-state index contributed by atoms with van der Waals surface area (Å²) in [5.74, 6) is -2.77. The van der Waals surface area contributed by atoms with Gasteiger partial charge in [-0.3, -0.25) is 24.6 Å². The quantitative estimate of drug-likeness (QED) is 0.174. The molecule has 0 atom stereocenters. The van der Waals surface area contributed by atoms with Crippen LogP contribution in [0.5, 0.6) is 5.75 Å². The summed E-state index contributed by atoms with van der Waals surface area (Å²) in [5.41, 5.74) is -2.78. The fourth-order valence-corrected chi connectivity index (χ4v) is 5.01. The molecule has 5 amide bonds. The highest BCUT2D eigenvalue weighted by molar-refractivity contribution is 6.17. The van der Waals surface area contributed by atoms with Crippen molar-refractivity contribution in [3.63, 3.8) is 0 Å². The molecule has 2 saturated heterocycles. The number of ether oxygens (including phenoxy) is 1. The van der Waals surface area contributed by atoms with Gasteiger partial charge in [0.15, 0.2) is 0 Å². The largest absolute Gasteiger partial charge is 0.494 e. The number of terminal acetylenes is 1. The van der Waals surface area contributed by atoms with Crippen molar-refractivity contribution in [1.29, 1.82) is 0 Å². The standard InChI is InChI=1S/C28H31F4N5O5.C3H8.C2H2/c1-35(2)12-3-15-42-20-7-5-19(6-8-20)37-26(41)34-25(40)27(37)10-13-36(14-11-27)23(38)17-33-24(39)21-16-18(28(30,31)32)4-9-22(21)29;1-3-2;1-2/h4-9,16H,3,10-15,17H2,1-2H3,(H,33,39)(H,34,40,41);3H2,1-2H3;1-2H. The minimum absolute atomic E-state index is 0.0664. The zero-order valence-electron chi connectivity index (χ0n) is 27.0. The zero-order chi connectivity index (χ0) is 35.4. The maximum Gasteiger partial charge on any atom is 0.416 e. The van der Waals surface area contributed by atoms with Crippen LogP contribution in [0.3, 0.4) is 0 Å². The first-order valence-corrected chi connectivity index (χ1v) is 15.0. The van der Waals surface area contributed by atoms with Gasteiger partial charge in [0, 0.05) is 25.3 Å². The second-order valence-corrected chi connectivity index (χ2v) is 11.1. The summed E-state index contributed by atoms with van der Waals surface area (Å²) >= 11 is 0. The first-order chi connectivity index (χ1) is 22.2. The van der Waals surface area contributed by atoms with E-state index < -0.39 is 59.0 Å². The van der Waals surface area contributed by atoms with Gasteiger partial charge in [0.1, 0.15) is 17.1 Å². The molecule has 14 heteroatoms. The predicted molar refractivity (Wildman–Crippen MR) is 169 cm³/mol. The Bertz CT molecular complexity index is 1400. The van der Waals surface area contributed by atoms with Crippen LogP contribution in [0, 0.1) is 18.7 Å². The van der Waals surface area contributed by atoms with Crippen molar-refractivity contribution in [2.24, 2.45) is 0 Å². The number of piperidine rings is 1. The Hall–Kier alpha value is -4.64. The Morgan fingerprint density at radius 3 is 2.19 bits per heavy atom. The topological polar surface area (TPSA) is 111 Å². The molecule has 10 nitrogen and oxygen atoms in total. The summed E-state index contributed by atoms with van der Waals surface area (Å²) in [6.07, 6.45) is 5.53. The van der Waals surface area contributed by atoms with Gasteiger partial charge >= 0.3 is 12.2 Å². The number of likely N-dealkylation sites (tertiary alicyclic amines) is 1. The molecule has 256 valence electrons. The van der Waals surface area contributed by atoms with E-state index in [0.717, 1.165) is 13.0 Å². The summed E-state index contributed by atoms with van der Waals surface area (Å²) in [5, 5.41) is 4.51. The third-order valence-electron chi connectivity index (χ3n) is 7.27. The van der Waals surface area contributed by atoms with E-state index in [2.05, 4.69) is 37.3 Å². The molecule has 0 saturated carbocycles. The number of carbonyl (C=O) groups is 4. The van der Waals surface area contributed by atoms with Gasteiger partial charge < -0.3 is 19.9 Å². The number of hydrogen-bond acceptors (Lipinski definition) is 6. The molecule has 2 fully saturated rings. The number of imide groups is 1. The van der Waals surface area contributed by atoms with E-state index in [9.17, 15) is 36.7 Å². The van der Waals surface area contributed by atoms with Gasteiger partial charge in [0.2, 0.25) is 5.91 Å². The molecule has 2 heterocycles. The van der Waals surface area contributed by atoms with Gasteiger partial charge in [0.05, 0.1) is 24.3 Å². The second kappa shape index (κ2) is 17.3. The molecule has 2 aromatic carbocycles. The van der Waals surface area contributed by atoms with Crippen LogP contribution >= 0.6 is 0 Å². The molecular weight excluding hydrogens is 622 g/mol. The number of rotatable bonds is 9. The van der Waals surface area contributed by atoms with E-state index in [0.29, 0.717) is 36.2 Å². The van der Waals surface area contributed by atoms with E-state index >= 15 is 0 Å². The van der Waals surface area contributed by atoms with Crippen LogP contribution in [0.2, 0.25) is 0 Å². The Morgan fingerprint density at radius 1 is 1.04 bits per heavy atom. The van der Waals surface area contributed by atoms with Crippen molar-refractivity contribution in [1.82, 2.24) is 20.4 Å². The summed E-state index contributed by atoms with van der Waals surface area (Å²) in [4.78, 5) is 55.6. The lowest BCUT2D eigenvalue weighted by Crippen LogP contribution is -2.58. The van der Waals surface area contributed by atoms with Crippen LogP contribution in [0.15, 0.2) is 42.5 Å². The molecule has 0 radical (unpaired) electrons. The van der Waals surface area contributed by atoms with Crippen LogP contribution in [-0.4, -0.2) is 86.0 Å². The third kappa shape index (κ3) is 9.92. The van der Waals surface area contributed by atoms with Gasteiger partial charge in [0.25, 0.3) is 11.8 Å². The monoisotopic (exact) mass is 663 g/mol. The van der Waals surface area contributed by atoms with Crippen LogP contribution in [0.25, 0.3) is 0 Å². The fraction of sp³-hybridized carbons (Fsp3) is 0.455. The molecule has 47 heavy (non-hydrogen) atoms. The average Bonchev–Trinajstić information content (AvgIpc) is 3.27. The summed E-state index contributed by atoms with van der Waals surface area (Å²) in [6.45, 7) is 5.18. The van der Waals surface area contributed by atoms with Gasteiger partial charge in [-0.25, -0.2) is 9.18 Å². The van der Waals surface area contributed by atoms with Gasteiger partial charge in [-0.1, -0.05) is 20.3 Å². The van der Waals surface area contributed by atoms with Crippen LogP contribution in [0.1, 0.15) is 55.5 Å². The molecule has 2 aromatic rings. The Morgan fingerprint density at radius 2 is 1.64 bits per heavy atom. The number of benzene rings is 2. The van der Waals surface area contributed by atoms with Gasteiger partial charge in [-0.15, -0.1) is 12.8 Å². The number of halogens is 4. The maximum absolute atomic E-state index is 14.0. The zero-order valence-corrected chi connectivity index (χ0v) is 27.0. The molecule has 0 bridgehead atoms. The fourth-order valence-electron chi connectivity index (χ4n) is 5.01. The highest BCUT2D eigenvalue weighted by Gasteiger charge is 2.55. The van der Waals surface area contributed by atoms with Crippen molar-refractivity contribution in [2.45, 2.75) is 51.2 Å². The number of anilines is 1. The van der Waals surface area contributed by atoms with E-state index in [4.69, 9.17) is 4.74 Å². The lowest BCUT2D eigenvalue weighted by Gasteiger charge is -2.42. The van der Waals surface area contributed by atoms with Gasteiger partial charge in [-0.2, -0.15) is 13.2 Å². The number of alkyl halides is 3. The van der Waals surface area contributed by atoms with Crippen molar-refractivity contribution in [3.8, 4) is 18.6 Å². The highest BCUT2D eigenvalue weighted by Crippen LogP contribution is 2.38. The van der Waals surface area contributed by atoms with E-state index in [1.807, 2.05) is 19.0 Å². The Balaban J connectivity index is 0.00000145. The molecule has 1 spiro atoms. The third-order valence-corrected chi connectivity index (χ3v) is 7.27. The first-order valence-electron chi connectivity index (χ1n) is 15.0. The van der Waals surface area contributed by atoms with Crippen molar-refractivity contribution < 1.29 is 41.5 Å². The van der Waals surface area contributed by atoms with Crippen molar-refractivity contribution in [2.75, 3.05) is 51.8 Å². The molecule has 2 N–H and O–H groups in total. The number of nitrogens with zero attached hydrogens (tertiary/aromatic N) is 3. The predicted octanol–water partition coefficient (Wildman–Crippen LogP) is 4.69. The number of urea groups is 1. The second-order valence-electron chi connectivity index (χ2n) is 11.1. The maximum atomic E-state index is 14.0. The van der Waals surface area contributed by atoms with Crippen LogP contribution in [0.4, 0.5) is 28.0 Å². The highest BCUT2D eigenvalue weighted by atomic mass is 19.4. The minimum Gasteiger partial charge on any atom is -0.494 e. The number of nitrogens with one attached hydrogen (secondary N) is 2. The van der Waals surface area contributed by atoms with Crippen molar-refractivity contribution >= 4 is 29.4 Å². The van der Waals surface area contributed by atoms with Crippen molar-refractivity contribution in [3.05, 3.63) is 59.4 Å². The molecule has 2 aliphatic rings. The Labute approximate surface area is 272 Å². The van der Waals surface area contributed by atoms with Gasteiger partial charge in [-0.05, 0) is 75.8 Å². The molecule has 0 unspecified atom stereocenters. The SMILES string of the molecule is C#C.CCC.CN(C)CCCOc1ccc(N2C(=O)NC(=O)C23CCN(C(=O)CNC(=O)c2cc(C(F)(F)F)ccc2F)CC3)cc1. The molecule has 4 rings (SSSR count). The average molecular weight is 664 g/mol. The number of hydrogen-bond donors (Lipinski definition) is 2. The summed E-state index contributed by atoms with van der Waals surface area (Å²) in [7, 11) is 3.94. The van der Waals surface area contributed by atoms with E-state index in [1.54, 1.807) is 24.3 Å². The lowest BCUT2D eigenvalue weighted by atomic mass is 9.85. The minimum atomic E-state index is -4.77. The normalized spacial score (nSPS) is 15.3. The van der Waals surface area contributed by atoms with Crippen LogP contribution in [-0.2, 0) is 15.8 Å². The van der Waals surface area contributed by atoms with Crippen LogP contribution < -0.4 is 20.3 Å². The molecule has 0 aromatic heterocycles. The number of amides is 5. The molecular formula is C33H41F4N5O5. The smallest absolute Gasteiger partial charge is 0.416 e. The van der Waals surface area contributed by atoms with E-state index in [-0.39, 0.29) is 25.9 Å². The number of carbonyl (C=O) groups excluding carboxylic acids is 4. The Kier molecular flexibility index (Phi) is 14.2. The summed E-state index contributed by atoms with van der Waals surface area (Å²) in [6, 6.07) is 7.64. The summed E-state index contributed by atoms with van der Waals surface area (Å²) < 4.78 is 58.6.